The van der Waals surface area contributed by atoms with Crippen molar-refractivity contribution in [3.63, 3.8) is 0 Å². The number of aryl methyl sites for hydroxylation is 1. The maximum absolute atomic E-state index is 14.2. The Bertz CT molecular complexity index is 4240. The summed E-state index contributed by atoms with van der Waals surface area (Å²) in [5, 5.41) is 63.6. The van der Waals surface area contributed by atoms with Crippen molar-refractivity contribution in [3.05, 3.63) is 130 Å². The van der Waals surface area contributed by atoms with Crippen LogP contribution in [-0.2, 0) is 76.0 Å². The molecule has 100 heavy (non-hydrogen) atoms. The predicted molar refractivity (Wildman–Crippen MR) is 361 cm³/mol. The van der Waals surface area contributed by atoms with E-state index in [2.05, 4.69) is 29.5 Å². The molecule has 3 aromatic carbocycles. The summed E-state index contributed by atoms with van der Waals surface area (Å²) in [6, 6.07) is 21.6. The minimum Gasteiger partial charge on any atom is -0.479 e. The average Bonchev–Trinajstić information content (AvgIpc) is 0.790. The Morgan fingerprint density at radius 2 is 1.61 bits per heavy atom. The van der Waals surface area contributed by atoms with Gasteiger partial charge in [-0.1, -0.05) is 61.6 Å². The third-order valence-electron chi connectivity index (χ3n) is 21.2. The second-order valence-electron chi connectivity index (χ2n) is 27.4. The van der Waals surface area contributed by atoms with Gasteiger partial charge in [0, 0.05) is 79.4 Å². The van der Waals surface area contributed by atoms with Crippen LogP contribution in [0.5, 0.6) is 5.75 Å². The van der Waals surface area contributed by atoms with Gasteiger partial charge in [-0.3, -0.25) is 38.6 Å². The van der Waals surface area contributed by atoms with Gasteiger partial charge in [0.05, 0.1) is 34.4 Å². The Balaban J connectivity index is 0.722. The number of anilines is 2. The van der Waals surface area contributed by atoms with Gasteiger partial charge in [-0.15, -0.1) is 0 Å². The number of carbonyl (C=O) groups is 7. The first-order valence-corrected chi connectivity index (χ1v) is 35.9. The molecule has 7 atom stereocenters. The Kier molecular flexibility index (Phi) is 20.7. The van der Waals surface area contributed by atoms with E-state index in [1.807, 2.05) is 59.0 Å². The SMILES string of the molecule is Cc1c(-c2ccc(N3CCc4cccc(C(=O)Nc5nc6ccccc6s5)c4C3)nc2C(=O)O)cnn1CC12CC(C)C3(CCC(OCCN(CCS(=O)(=O)O)C(=O)OCc4ccc(CCCCNC(=O)CN5C(=O)C=CC5=O)cc4O[C@@H]4O[C@H](C(=O)O)[C@@H](O)[C@H](O)[C@H]4O)(CC3)C1)C(C)C2. The van der Waals surface area contributed by atoms with Gasteiger partial charge in [0.1, 0.15) is 43.0 Å². The number of hydrogen-bond acceptors (Lipinski definition) is 21. The van der Waals surface area contributed by atoms with Crippen LogP contribution < -0.4 is 20.3 Å². The van der Waals surface area contributed by atoms with E-state index in [9.17, 15) is 72.1 Å². The van der Waals surface area contributed by atoms with Crippen molar-refractivity contribution in [1.82, 2.24) is 34.9 Å². The number of imide groups is 1. The summed E-state index contributed by atoms with van der Waals surface area (Å²) in [6.45, 7) is 6.45. The Hall–Kier alpha value is -8.75. The molecule has 7 fully saturated rings. The zero-order chi connectivity index (χ0) is 71.0. The number of aliphatic hydroxyl groups is 3. The van der Waals surface area contributed by atoms with E-state index in [4.69, 9.17) is 29.0 Å². The number of amides is 5. The number of unbranched alkanes of at least 4 members (excludes halogenated alkanes) is 1. The van der Waals surface area contributed by atoms with E-state index in [1.54, 1.807) is 24.4 Å². The number of benzene rings is 3. The second kappa shape index (κ2) is 29.1. The van der Waals surface area contributed by atoms with Crippen LogP contribution in [0.4, 0.5) is 15.7 Å². The number of fused-ring (bicyclic) bond motifs is 2. The van der Waals surface area contributed by atoms with Crippen LogP contribution in [0, 0.1) is 29.6 Å². The molecule has 5 amide bonds. The zero-order valence-electron chi connectivity index (χ0n) is 55.5. The summed E-state index contributed by atoms with van der Waals surface area (Å²) in [4.78, 5) is 103. The van der Waals surface area contributed by atoms with Gasteiger partial charge in [0.25, 0.3) is 27.8 Å². The highest BCUT2D eigenvalue weighted by Crippen LogP contribution is 2.66. The molecule has 1 saturated heterocycles. The molecular weight excluding hydrogens is 1330 g/mol. The fourth-order valence-corrected chi connectivity index (χ4v) is 17.3. The van der Waals surface area contributed by atoms with Crippen LogP contribution in [0.2, 0.25) is 0 Å². The van der Waals surface area contributed by atoms with E-state index < -0.39 is 108 Å². The average molecular weight is 1420 g/mol. The van der Waals surface area contributed by atoms with Crippen molar-refractivity contribution < 1.29 is 91.0 Å². The van der Waals surface area contributed by atoms with E-state index in [0.29, 0.717) is 110 Å². The highest BCUT2D eigenvalue weighted by atomic mass is 32.2. The molecule has 6 saturated carbocycles. The number of carboxylic acids is 2. The number of thiazole rings is 1. The fourth-order valence-electron chi connectivity index (χ4n) is 15.9. The fraction of sp³-hybridized carbons (Fsp3) is 0.486. The highest BCUT2D eigenvalue weighted by molar-refractivity contribution is 7.85. The molecule has 2 unspecified atom stereocenters. The number of hydrogen-bond donors (Lipinski definition) is 8. The monoisotopic (exact) mass is 1420 g/mol. The molecular formula is C70H81N9O19S2. The van der Waals surface area contributed by atoms with Crippen molar-refractivity contribution >= 4 is 84.3 Å². The van der Waals surface area contributed by atoms with Gasteiger partial charge in [0.2, 0.25) is 12.2 Å². The van der Waals surface area contributed by atoms with Crippen molar-refractivity contribution in [1.29, 1.82) is 0 Å². The number of ether oxygens (including phenoxy) is 4. The maximum atomic E-state index is 14.2. The number of carboxylic acid groups (broad SMARTS) is 2. The normalized spacial score (nSPS) is 25.5. The van der Waals surface area contributed by atoms with Gasteiger partial charge < -0.3 is 59.6 Å². The molecule has 6 heterocycles. The van der Waals surface area contributed by atoms with Gasteiger partial charge in [-0.25, -0.2) is 24.4 Å². The number of aliphatic hydroxyl groups excluding tert-OH is 3. The largest absolute Gasteiger partial charge is 0.479 e. The van der Waals surface area contributed by atoms with Crippen molar-refractivity contribution in [2.75, 3.05) is 55.3 Å². The summed E-state index contributed by atoms with van der Waals surface area (Å²) in [5.41, 5.74) is 4.53. The number of pyridine rings is 1. The lowest BCUT2D eigenvalue weighted by molar-refractivity contribution is -0.271. The molecule has 532 valence electrons. The third kappa shape index (κ3) is 15.1. The minimum atomic E-state index is -4.61. The molecule has 6 aromatic rings. The van der Waals surface area contributed by atoms with E-state index in [0.717, 1.165) is 74.7 Å². The number of aliphatic carboxylic acids is 1. The Labute approximate surface area is 580 Å². The quantitative estimate of drug-likeness (QED) is 0.0167. The molecule has 15 rings (SSSR count). The molecule has 28 nitrogen and oxygen atoms in total. The van der Waals surface area contributed by atoms with Crippen LogP contribution in [0.25, 0.3) is 21.3 Å². The lowest BCUT2D eigenvalue weighted by Gasteiger charge is -2.64. The van der Waals surface area contributed by atoms with Crippen LogP contribution in [0.3, 0.4) is 0 Å². The van der Waals surface area contributed by atoms with Crippen molar-refractivity contribution in [2.24, 2.45) is 22.7 Å². The number of aromatic nitrogens is 4. The second-order valence-corrected chi connectivity index (χ2v) is 30.0. The topological polar surface area (TPSA) is 389 Å². The summed E-state index contributed by atoms with van der Waals surface area (Å²) in [7, 11) is -4.61. The number of nitrogens with one attached hydrogen (secondary N) is 2. The zero-order valence-corrected chi connectivity index (χ0v) is 57.1. The van der Waals surface area contributed by atoms with Crippen LogP contribution in [0.15, 0.2) is 91.1 Å². The van der Waals surface area contributed by atoms with Gasteiger partial charge in [-0.2, -0.15) is 13.5 Å². The lowest BCUT2D eigenvalue weighted by Crippen LogP contribution is -2.61. The third-order valence-corrected chi connectivity index (χ3v) is 22.8. The summed E-state index contributed by atoms with van der Waals surface area (Å²) < 4.78 is 61.6. The lowest BCUT2D eigenvalue weighted by atomic mass is 9.43. The first-order chi connectivity index (χ1) is 47.7. The maximum Gasteiger partial charge on any atom is 0.410 e. The first kappa shape index (κ1) is 71.1. The van der Waals surface area contributed by atoms with Crippen LogP contribution >= 0.6 is 11.3 Å². The Morgan fingerprint density at radius 3 is 2.33 bits per heavy atom. The number of para-hydroxylation sites is 1. The number of aromatic carboxylic acids is 1. The molecule has 6 aliphatic carbocycles. The predicted octanol–water partition coefficient (Wildman–Crippen LogP) is 6.31. The van der Waals surface area contributed by atoms with Gasteiger partial charge >= 0.3 is 18.0 Å². The number of rotatable bonds is 26. The molecule has 0 radical (unpaired) electrons. The molecule has 3 aliphatic heterocycles. The minimum absolute atomic E-state index is 0.0394. The molecule has 9 aliphatic rings. The highest BCUT2D eigenvalue weighted by Gasteiger charge is 2.60. The van der Waals surface area contributed by atoms with Crippen LogP contribution in [0.1, 0.15) is 120 Å². The molecule has 1 spiro atoms. The van der Waals surface area contributed by atoms with E-state index in [-0.39, 0.29) is 53.4 Å². The first-order valence-electron chi connectivity index (χ1n) is 33.5. The molecule has 30 heteroatoms. The van der Waals surface area contributed by atoms with E-state index in [1.165, 1.54) is 23.5 Å². The molecule has 3 bridgehead atoms. The number of carbonyl (C=O) groups excluding carboxylic acids is 5. The van der Waals surface area contributed by atoms with Gasteiger partial charge in [0.15, 0.2) is 16.9 Å². The number of nitrogens with zero attached hydrogens (tertiary/aromatic N) is 7. The van der Waals surface area contributed by atoms with Crippen molar-refractivity contribution in [3.8, 4) is 16.9 Å². The summed E-state index contributed by atoms with van der Waals surface area (Å²) in [5.74, 6) is -4.65. The van der Waals surface area contributed by atoms with E-state index >= 15 is 0 Å². The Morgan fingerprint density at radius 1 is 0.860 bits per heavy atom. The smallest absolute Gasteiger partial charge is 0.410 e. The van der Waals surface area contributed by atoms with Gasteiger partial charge in [-0.05, 0) is 153 Å². The standard InChI is InChI=1S/C70H81N9O19S2/c1-40-32-68(39-79-42(3)48(34-72-79)46-16-17-53(74-57(46)63(87)88)77-26-20-44-10-8-11-47(49(44)35-77)62(86)75-66-73-50-12-4-5-13-52(50)99-66)33-41(2)70(40)23-21-69(38-68,22-24-70)96-29-27-76(28-30-100(92,93)94)67(91)95-37-45-15-14-43(9-6-7-25-71-54(80)36-78-55(81)18-19-56(78)82)31-51(45)97-65-60(85)58(83)59(84)61(98-65)64(89)90/h4-5,8,10-19,31,34,40-41,58-61,65,83-85H,6-7,9,20-30,32-33,35-39H2,1-3H3,(H,71,80)(H,87,88)(H,89,90)(H,73,75,86)(H,92,93,94)/t40?,41?,58-,59-,60+,61-,65+,68?,69?,70?/m0/s1. The van der Waals surface area contributed by atoms with Crippen LogP contribution in [-0.4, -0.2) is 191 Å². The van der Waals surface area contributed by atoms with Crippen molar-refractivity contribution in [2.45, 2.75) is 147 Å². The summed E-state index contributed by atoms with van der Waals surface area (Å²) in [6.07, 6.45) is 0.469. The molecule has 3 aromatic heterocycles. The molecule has 8 N–H and O–H groups in total. The summed E-state index contributed by atoms with van der Waals surface area (Å²) >= 11 is 1.39.